The maximum atomic E-state index is 13.8. The SMILES string of the molecule is N#CCc1ccc(NC(=O)C(=O)N/N=C/c2ccc(OCc3c(F)cccc3Cl)cc2)cc1. The molecule has 0 fully saturated rings. The van der Waals surface area contributed by atoms with Crippen molar-refractivity contribution in [1.29, 1.82) is 5.26 Å². The second kappa shape index (κ2) is 11.4. The Morgan fingerprint density at radius 2 is 1.79 bits per heavy atom. The largest absolute Gasteiger partial charge is 0.489 e. The predicted octanol–water partition coefficient (Wildman–Crippen LogP) is 4.21. The molecule has 3 aromatic rings. The van der Waals surface area contributed by atoms with E-state index >= 15 is 0 Å². The average molecular weight is 465 g/mol. The fraction of sp³-hybridized carbons (Fsp3) is 0.0833. The summed E-state index contributed by atoms with van der Waals surface area (Å²) in [7, 11) is 0. The van der Waals surface area contributed by atoms with Gasteiger partial charge in [0.2, 0.25) is 0 Å². The number of nitrogens with zero attached hydrogens (tertiary/aromatic N) is 2. The number of hydrogen-bond acceptors (Lipinski definition) is 5. The number of benzene rings is 3. The normalized spacial score (nSPS) is 10.5. The van der Waals surface area contributed by atoms with E-state index in [1.165, 1.54) is 18.3 Å². The summed E-state index contributed by atoms with van der Waals surface area (Å²) in [5.41, 5.74) is 4.28. The van der Waals surface area contributed by atoms with Crippen LogP contribution in [0.5, 0.6) is 5.75 Å². The number of carbonyl (C=O) groups is 2. The number of hydrogen-bond donors (Lipinski definition) is 2. The van der Waals surface area contributed by atoms with Gasteiger partial charge in [-0.25, -0.2) is 9.82 Å². The zero-order valence-electron chi connectivity index (χ0n) is 17.2. The van der Waals surface area contributed by atoms with Crippen molar-refractivity contribution in [1.82, 2.24) is 5.43 Å². The van der Waals surface area contributed by atoms with Gasteiger partial charge in [0.05, 0.1) is 23.7 Å². The third kappa shape index (κ3) is 6.89. The number of carbonyl (C=O) groups excluding carboxylic acids is 2. The van der Waals surface area contributed by atoms with Gasteiger partial charge in [-0.2, -0.15) is 10.4 Å². The summed E-state index contributed by atoms with van der Waals surface area (Å²) in [4.78, 5) is 23.8. The fourth-order valence-corrected chi connectivity index (χ4v) is 2.89. The third-order valence-electron chi connectivity index (χ3n) is 4.41. The van der Waals surface area contributed by atoms with E-state index < -0.39 is 17.6 Å². The van der Waals surface area contributed by atoms with Crippen molar-refractivity contribution in [2.75, 3.05) is 5.32 Å². The molecule has 0 atom stereocenters. The fourth-order valence-electron chi connectivity index (χ4n) is 2.68. The summed E-state index contributed by atoms with van der Waals surface area (Å²) in [6.07, 6.45) is 1.62. The number of halogens is 2. The van der Waals surface area contributed by atoms with E-state index in [2.05, 4.69) is 15.8 Å². The molecule has 0 saturated carbocycles. The zero-order valence-corrected chi connectivity index (χ0v) is 18.0. The Hall–Kier alpha value is -4.22. The molecule has 0 unspecified atom stereocenters. The molecule has 0 bridgehead atoms. The van der Waals surface area contributed by atoms with Crippen molar-refractivity contribution in [2.45, 2.75) is 13.0 Å². The molecule has 9 heteroatoms. The first-order valence-electron chi connectivity index (χ1n) is 9.72. The first kappa shape index (κ1) is 23.4. The minimum atomic E-state index is -0.936. The number of hydrazone groups is 1. The van der Waals surface area contributed by atoms with Gasteiger partial charge in [-0.05, 0) is 59.7 Å². The lowest BCUT2D eigenvalue weighted by Gasteiger charge is -2.09. The second-order valence-corrected chi connectivity index (χ2v) is 7.15. The first-order valence-corrected chi connectivity index (χ1v) is 10.1. The quantitative estimate of drug-likeness (QED) is 0.310. The highest BCUT2D eigenvalue weighted by molar-refractivity contribution is 6.39. The van der Waals surface area contributed by atoms with Gasteiger partial charge in [0.15, 0.2) is 0 Å². The van der Waals surface area contributed by atoms with E-state index in [1.54, 1.807) is 54.6 Å². The molecule has 0 aromatic heterocycles. The van der Waals surface area contributed by atoms with Gasteiger partial charge >= 0.3 is 11.8 Å². The molecular weight excluding hydrogens is 447 g/mol. The van der Waals surface area contributed by atoms with Crippen LogP contribution in [0, 0.1) is 17.1 Å². The van der Waals surface area contributed by atoms with Crippen LogP contribution in [0.2, 0.25) is 5.02 Å². The topological polar surface area (TPSA) is 104 Å². The van der Waals surface area contributed by atoms with Crippen molar-refractivity contribution in [3.63, 3.8) is 0 Å². The van der Waals surface area contributed by atoms with E-state index in [0.29, 0.717) is 17.0 Å². The molecule has 166 valence electrons. The molecule has 33 heavy (non-hydrogen) atoms. The first-order chi connectivity index (χ1) is 16.0. The van der Waals surface area contributed by atoms with Crippen molar-refractivity contribution < 1.29 is 18.7 Å². The summed E-state index contributed by atoms with van der Waals surface area (Å²) >= 11 is 5.98. The van der Waals surface area contributed by atoms with Gasteiger partial charge in [0.25, 0.3) is 0 Å². The van der Waals surface area contributed by atoms with Gasteiger partial charge in [0, 0.05) is 11.3 Å². The molecule has 2 N–H and O–H groups in total. The molecule has 0 heterocycles. The Balaban J connectivity index is 1.48. The Morgan fingerprint density at radius 3 is 2.45 bits per heavy atom. The van der Waals surface area contributed by atoms with Crippen LogP contribution in [-0.4, -0.2) is 18.0 Å². The van der Waals surface area contributed by atoms with Crippen LogP contribution in [0.1, 0.15) is 16.7 Å². The van der Waals surface area contributed by atoms with Crippen LogP contribution < -0.4 is 15.5 Å². The molecular formula is C24H18ClFN4O3. The monoisotopic (exact) mass is 464 g/mol. The summed E-state index contributed by atoms with van der Waals surface area (Å²) < 4.78 is 19.3. The van der Waals surface area contributed by atoms with Gasteiger partial charge in [-0.15, -0.1) is 0 Å². The average Bonchev–Trinajstić information content (AvgIpc) is 2.81. The summed E-state index contributed by atoms with van der Waals surface area (Å²) in [5.74, 6) is -1.76. The number of nitrogens with one attached hydrogen (secondary N) is 2. The molecule has 3 aromatic carbocycles. The van der Waals surface area contributed by atoms with Crippen LogP contribution in [0.4, 0.5) is 10.1 Å². The van der Waals surface area contributed by atoms with Crippen LogP contribution in [-0.2, 0) is 22.6 Å². The van der Waals surface area contributed by atoms with E-state index in [9.17, 15) is 14.0 Å². The van der Waals surface area contributed by atoms with Crippen LogP contribution in [0.15, 0.2) is 71.8 Å². The lowest BCUT2D eigenvalue weighted by molar-refractivity contribution is -0.136. The predicted molar refractivity (Wildman–Crippen MR) is 122 cm³/mol. The Bertz CT molecular complexity index is 1190. The van der Waals surface area contributed by atoms with Crippen molar-refractivity contribution >= 4 is 35.3 Å². The smallest absolute Gasteiger partial charge is 0.329 e. The van der Waals surface area contributed by atoms with Crippen LogP contribution in [0.3, 0.4) is 0 Å². The lowest BCUT2D eigenvalue weighted by Crippen LogP contribution is -2.32. The number of ether oxygens (including phenoxy) is 1. The Morgan fingerprint density at radius 1 is 1.06 bits per heavy atom. The van der Waals surface area contributed by atoms with E-state index in [-0.39, 0.29) is 23.6 Å². The maximum Gasteiger partial charge on any atom is 0.329 e. The van der Waals surface area contributed by atoms with Crippen molar-refractivity contribution in [3.05, 3.63) is 94.3 Å². The van der Waals surface area contributed by atoms with Crippen LogP contribution in [0.25, 0.3) is 0 Å². The molecule has 3 rings (SSSR count). The van der Waals surface area contributed by atoms with Gasteiger partial charge in [-0.1, -0.05) is 29.8 Å². The molecule has 2 amide bonds. The minimum absolute atomic E-state index is 0.0227. The Labute approximate surface area is 194 Å². The van der Waals surface area contributed by atoms with Crippen LogP contribution >= 0.6 is 11.6 Å². The third-order valence-corrected chi connectivity index (χ3v) is 4.76. The minimum Gasteiger partial charge on any atom is -0.489 e. The van der Waals surface area contributed by atoms with Crippen molar-refractivity contribution in [3.8, 4) is 11.8 Å². The molecule has 0 saturated heterocycles. The highest BCUT2D eigenvalue weighted by Crippen LogP contribution is 2.21. The van der Waals surface area contributed by atoms with Gasteiger partial charge in [0.1, 0.15) is 18.2 Å². The standard InChI is InChI=1S/C24H18ClFN4O3/c25-21-2-1-3-22(26)20(21)15-33-19-10-6-17(7-11-19)14-28-30-24(32)23(31)29-18-8-4-16(5-9-18)12-13-27/h1-11,14H,12,15H2,(H,29,31)(H,30,32)/b28-14+. The summed E-state index contributed by atoms with van der Waals surface area (Å²) in [6.45, 7) is -0.0227. The molecule has 7 nitrogen and oxygen atoms in total. The van der Waals surface area contributed by atoms with Gasteiger partial charge in [-0.3, -0.25) is 9.59 Å². The highest BCUT2D eigenvalue weighted by atomic mass is 35.5. The number of anilines is 1. The van der Waals surface area contributed by atoms with Gasteiger partial charge < -0.3 is 10.1 Å². The van der Waals surface area contributed by atoms with E-state index in [4.69, 9.17) is 21.6 Å². The number of rotatable bonds is 7. The summed E-state index contributed by atoms with van der Waals surface area (Å²) in [5, 5.41) is 15.2. The summed E-state index contributed by atoms with van der Waals surface area (Å²) in [6, 6.07) is 19.7. The second-order valence-electron chi connectivity index (χ2n) is 6.74. The van der Waals surface area contributed by atoms with E-state index in [1.807, 2.05) is 6.07 Å². The van der Waals surface area contributed by atoms with E-state index in [0.717, 1.165) is 5.56 Å². The zero-order chi connectivity index (χ0) is 23.6. The Kier molecular flexibility index (Phi) is 8.11. The molecule has 0 aliphatic heterocycles. The lowest BCUT2D eigenvalue weighted by atomic mass is 10.1. The molecule has 0 spiro atoms. The molecule has 0 aliphatic rings. The molecule has 0 aliphatic carbocycles. The maximum absolute atomic E-state index is 13.8. The number of amides is 2. The molecule has 0 radical (unpaired) electrons. The highest BCUT2D eigenvalue weighted by Gasteiger charge is 2.13. The van der Waals surface area contributed by atoms with Crippen molar-refractivity contribution in [2.24, 2.45) is 5.10 Å². The number of nitriles is 1.